The quantitative estimate of drug-likeness (QED) is 0.636. The van der Waals surface area contributed by atoms with E-state index in [4.69, 9.17) is 25.6 Å². The zero-order chi connectivity index (χ0) is 20.1. The van der Waals surface area contributed by atoms with Crippen LogP contribution in [0.15, 0.2) is 40.9 Å². The number of aryl methyl sites for hydroxylation is 1. The second-order valence-corrected chi connectivity index (χ2v) is 6.16. The zero-order valence-electron chi connectivity index (χ0n) is 15.2. The number of hydrogen-bond donors (Lipinski definition) is 1. The summed E-state index contributed by atoms with van der Waals surface area (Å²) in [4.78, 5) is 16.5. The Balaban J connectivity index is 1.62. The van der Waals surface area contributed by atoms with Crippen molar-refractivity contribution in [1.82, 2.24) is 10.1 Å². The van der Waals surface area contributed by atoms with Gasteiger partial charge in [-0.2, -0.15) is 4.98 Å². The highest BCUT2D eigenvalue weighted by Gasteiger charge is 2.14. The van der Waals surface area contributed by atoms with E-state index in [0.717, 1.165) is 0 Å². The van der Waals surface area contributed by atoms with Crippen molar-refractivity contribution in [3.63, 3.8) is 0 Å². The molecular formula is C19H17ClFN3O4. The van der Waals surface area contributed by atoms with Crippen molar-refractivity contribution in [2.45, 2.75) is 12.8 Å². The van der Waals surface area contributed by atoms with Gasteiger partial charge in [0.25, 0.3) is 0 Å². The first kappa shape index (κ1) is 19.6. The minimum absolute atomic E-state index is 0.109. The summed E-state index contributed by atoms with van der Waals surface area (Å²) in [5.41, 5.74) is 1.05. The van der Waals surface area contributed by atoms with Gasteiger partial charge in [0.05, 0.1) is 24.9 Å². The molecule has 0 spiro atoms. The summed E-state index contributed by atoms with van der Waals surface area (Å²) in [5, 5.41) is 6.92. The predicted molar refractivity (Wildman–Crippen MR) is 101 cm³/mol. The van der Waals surface area contributed by atoms with Crippen LogP contribution in [-0.4, -0.2) is 30.3 Å². The van der Waals surface area contributed by atoms with Crippen LogP contribution in [0.2, 0.25) is 5.02 Å². The smallest absolute Gasteiger partial charge is 0.227 e. The molecule has 0 saturated carbocycles. The Hall–Kier alpha value is -3.13. The Morgan fingerprint density at radius 3 is 2.57 bits per heavy atom. The first-order chi connectivity index (χ1) is 13.5. The fraction of sp³-hybridized carbons (Fsp3) is 0.211. The van der Waals surface area contributed by atoms with E-state index in [1.54, 1.807) is 24.3 Å². The molecule has 1 aromatic heterocycles. The van der Waals surface area contributed by atoms with E-state index in [2.05, 4.69) is 15.5 Å². The standard InChI is InChI=1S/C19H17ClFN3O4/c1-26-15-10-16(27-2)14(9-13(15)20)22-17(25)7-8-18-23-19(24-28-18)11-3-5-12(21)6-4-11/h3-6,9-10H,7-8H2,1-2H3,(H,22,25). The van der Waals surface area contributed by atoms with Gasteiger partial charge in [-0.15, -0.1) is 0 Å². The summed E-state index contributed by atoms with van der Waals surface area (Å²) in [7, 11) is 2.97. The van der Waals surface area contributed by atoms with Crippen LogP contribution in [0, 0.1) is 5.82 Å². The Morgan fingerprint density at radius 1 is 1.18 bits per heavy atom. The second kappa shape index (κ2) is 8.71. The summed E-state index contributed by atoms with van der Waals surface area (Å²) in [6.45, 7) is 0. The maximum absolute atomic E-state index is 13.0. The molecule has 0 fully saturated rings. The van der Waals surface area contributed by atoms with Crippen LogP contribution in [0.4, 0.5) is 10.1 Å². The highest BCUT2D eigenvalue weighted by molar-refractivity contribution is 6.32. The summed E-state index contributed by atoms with van der Waals surface area (Å²) in [5.74, 6) is 0.870. The zero-order valence-corrected chi connectivity index (χ0v) is 15.9. The molecule has 1 amide bonds. The van der Waals surface area contributed by atoms with Gasteiger partial charge in [0, 0.05) is 24.5 Å². The normalized spacial score (nSPS) is 10.6. The van der Waals surface area contributed by atoms with Crippen molar-refractivity contribution in [2.75, 3.05) is 19.5 Å². The molecule has 146 valence electrons. The maximum atomic E-state index is 13.0. The molecule has 2 aromatic carbocycles. The van der Waals surface area contributed by atoms with Crippen molar-refractivity contribution >= 4 is 23.2 Å². The molecule has 7 nitrogen and oxygen atoms in total. The summed E-state index contributed by atoms with van der Waals surface area (Å²) in [6.07, 6.45) is 0.351. The van der Waals surface area contributed by atoms with Crippen molar-refractivity contribution < 1.29 is 23.2 Å². The van der Waals surface area contributed by atoms with E-state index in [1.807, 2.05) is 0 Å². The Morgan fingerprint density at radius 2 is 1.89 bits per heavy atom. The van der Waals surface area contributed by atoms with Crippen molar-refractivity contribution in [1.29, 1.82) is 0 Å². The number of carbonyl (C=O) groups is 1. The molecule has 0 unspecified atom stereocenters. The van der Waals surface area contributed by atoms with E-state index in [0.29, 0.717) is 39.5 Å². The minimum Gasteiger partial charge on any atom is -0.495 e. The topological polar surface area (TPSA) is 86.5 Å². The number of nitrogens with one attached hydrogen (secondary N) is 1. The van der Waals surface area contributed by atoms with E-state index in [-0.39, 0.29) is 24.6 Å². The molecule has 9 heteroatoms. The molecule has 0 bridgehead atoms. The molecule has 3 rings (SSSR count). The molecular weight excluding hydrogens is 389 g/mol. The third-order valence-electron chi connectivity index (χ3n) is 3.88. The number of rotatable bonds is 7. The Labute approximate surface area is 165 Å². The fourth-order valence-corrected chi connectivity index (χ4v) is 2.70. The summed E-state index contributed by atoms with van der Waals surface area (Å²) < 4.78 is 28.5. The Bertz CT molecular complexity index is 976. The van der Waals surface area contributed by atoms with Gasteiger partial charge in [-0.1, -0.05) is 16.8 Å². The van der Waals surface area contributed by atoms with E-state index in [1.165, 1.54) is 26.4 Å². The van der Waals surface area contributed by atoms with E-state index < -0.39 is 0 Å². The molecule has 0 radical (unpaired) electrons. The summed E-state index contributed by atoms with van der Waals surface area (Å²) >= 11 is 6.10. The number of halogens is 2. The SMILES string of the molecule is COc1cc(OC)c(NC(=O)CCc2nc(-c3ccc(F)cc3)no2)cc1Cl. The van der Waals surface area contributed by atoms with Crippen molar-refractivity contribution in [3.05, 3.63) is 53.1 Å². The Kier molecular flexibility index (Phi) is 6.10. The van der Waals surface area contributed by atoms with Crippen LogP contribution in [-0.2, 0) is 11.2 Å². The van der Waals surface area contributed by atoms with Gasteiger partial charge in [0.2, 0.25) is 17.6 Å². The minimum atomic E-state index is -0.349. The lowest BCUT2D eigenvalue weighted by Crippen LogP contribution is -2.13. The van der Waals surface area contributed by atoms with Gasteiger partial charge in [0.15, 0.2) is 0 Å². The highest BCUT2D eigenvalue weighted by Crippen LogP contribution is 2.35. The first-order valence-corrected chi connectivity index (χ1v) is 8.68. The van der Waals surface area contributed by atoms with Crippen molar-refractivity contribution in [2.24, 2.45) is 0 Å². The number of amides is 1. The highest BCUT2D eigenvalue weighted by atomic mass is 35.5. The van der Waals surface area contributed by atoms with Crippen LogP contribution in [0.3, 0.4) is 0 Å². The molecule has 28 heavy (non-hydrogen) atoms. The maximum Gasteiger partial charge on any atom is 0.227 e. The average Bonchev–Trinajstić information content (AvgIpc) is 3.16. The molecule has 0 atom stereocenters. The van der Waals surface area contributed by atoms with Gasteiger partial charge in [-0.3, -0.25) is 4.79 Å². The second-order valence-electron chi connectivity index (χ2n) is 5.75. The lowest BCUT2D eigenvalue weighted by atomic mass is 10.2. The van der Waals surface area contributed by atoms with Crippen LogP contribution < -0.4 is 14.8 Å². The van der Waals surface area contributed by atoms with Crippen LogP contribution in [0.25, 0.3) is 11.4 Å². The molecule has 0 aliphatic heterocycles. The lowest BCUT2D eigenvalue weighted by molar-refractivity contribution is -0.116. The van der Waals surface area contributed by atoms with Crippen molar-refractivity contribution in [3.8, 4) is 22.9 Å². The molecule has 3 aromatic rings. The molecule has 1 N–H and O–H groups in total. The van der Waals surface area contributed by atoms with Gasteiger partial charge < -0.3 is 19.3 Å². The van der Waals surface area contributed by atoms with Gasteiger partial charge in [-0.05, 0) is 30.3 Å². The van der Waals surface area contributed by atoms with Crippen LogP contribution in [0.5, 0.6) is 11.5 Å². The number of nitrogens with zero attached hydrogens (tertiary/aromatic N) is 2. The molecule has 1 heterocycles. The number of carbonyl (C=O) groups excluding carboxylic acids is 1. The molecule has 0 aliphatic carbocycles. The number of methoxy groups -OCH3 is 2. The first-order valence-electron chi connectivity index (χ1n) is 8.30. The number of benzene rings is 2. The van der Waals surface area contributed by atoms with Crippen LogP contribution in [0.1, 0.15) is 12.3 Å². The van der Waals surface area contributed by atoms with Gasteiger partial charge >= 0.3 is 0 Å². The third kappa shape index (κ3) is 4.58. The monoisotopic (exact) mass is 405 g/mol. The number of hydrogen-bond acceptors (Lipinski definition) is 6. The fourth-order valence-electron chi connectivity index (χ4n) is 2.46. The largest absolute Gasteiger partial charge is 0.495 e. The third-order valence-corrected chi connectivity index (χ3v) is 4.18. The number of ether oxygens (including phenoxy) is 2. The van der Waals surface area contributed by atoms with Gasteiger partial charge in [-0.25, -0.2) is 4.39 Å². The average molecular weight is 406 g/mol. The van der Waals surface area contributed by atoms with E-state index >= 15 is 0 Å². The number of anilines is 1. The lowest BCUT2D eigenvalue weighted by Gasteiger charge is -2.12. The van der Waals surface area contributed by atoms with Crippen LogP contribution >= 0.6 is 11.6 Å². The predicted octanol–water partition coefficient (Wildman–Crippen LogP) is 4.12. The molecule has 0 aliphatic rings. The number of aromatic nitrogens is 2. The molecule has 0 saturated heterocycles. The van der Waals surface area contributed by atoms with E-state index in [9.17, 15) is 9.18 Å². The van der Waals surface area contributed by atoms with Gasteiger partial charge in [0.1, 0.15) is 17.3 Å². The summed E-state index contributed by atoms with van der Waals surface area (Å²) in [6, 6.07) is 8.87.